The fourth-order valence-corrected chi connectivity index (χ4v) is 1.10. The SMILES string of the molecule is CNC(=O)Nc1ccc(F)c(/C=C/C(=O)O)c1. The van der Waals surface area contributed by atoms with Crippen molar-refractivity contribution in [2.75, 3.05) is 12.4 Å². The van der Waals surface area contributed by atoms with Crippen LogP contribution in [0.1, 0.15) is 5.56 Å². The topological polar surface area (TPSA) is 78.4 Å². The molecular weight excluding hydrogens is 227 g/mol. The Bertz CT molecular complexity index is 472. The third kappa shape index (κ3) is 3.94. The molecule has 6 heteroatoms. The van der Waals surface area contributed by atoms with Crippen molar-refractivity contribution in [1.82, 2.24) is 5.32 Å². The highest BCUT2D eigenvalue weighted by Crippen LogP contribution is 2.16. The largest absolute Gasteiger partial charge is 0.478 e. The molecule has 5 nitrogen and oxygen atoms in total. The summed E-state index contributed by atoms with van der Waals surface area (Å²) in [6, 6.07) is 3.42. The maximum Gasteiger partial charge on any atom is 0.328 e. The molecule has 0 fully saturated rings. The van der Waals surface area contributed by atoms with Crippen LogP contribution in [0.5, 0.6) is 0 Å². The molecular formula is C11H11FN2O3. The summed E-state index contributed by atoms with van der Waals surface area (Å²) < 4.78 is 13.3. The summed E-state index contributed by atoms with van der Waals surface area (Å²) in [5.74, 6) is -1.74. The van der Waals surface area contributed by atoms with Gasteiger partial charge in [-0.05, 0) is 24.3 Å². The van der Waals surface area contributed by atoms with Crippen molar-refractivity contribution in [1.29, 1.82) is 0 Å². The lowest BCUT2D eigenvalue weighted by molar-refractivity contribution is -0.131. The van der Waals surface area contributed by atoms with Gasteiger partial charge >= 0.3 is 12.0 Å². The molecule has 0 radical (unpaired) electrons. The van der Waals surface area contributed by atoms with E-state index in [-0.39, 0.29) is 5.56 Å². The predicted octanol–water partition coefficient (Wildman–Crippen LogP) is 1.67. The number of hydrogen-bond donors (Lipinski definition) is 3. The number of carbonyl (C=O) groups excluding carboxylic acids is 1. The average Bonchev–Trinajstić information content (AvgIpc) is 2.29. The molecule has 1 aromatic carbocycles. The van der Waals surface area contributed by atoms with E-state index in [1.807, 2.05) is 0 Å². The van der Waals surface area contributed by atoms with Crippen LogP contribution in [0.4, 0.5) is 14.9 Å². The Morgan fingerprint density at radius 2 is 2.12 bits per heavy atom. The second kappa shape index (κ2) is 5.64. The highest BCUT2D eigenvalue weighted by molar-refractivity contribution is 5.90. The molecule has 0 spiro atoms. The van der Waals surface area contributed by atoms with Crippen LogP contribution in [-0.2, 0) is 4.79 Å². The third-order valence-corrected chi connectivity index (χ3v) is 1.89. The van der Waals surface area contributed by atoms with Gasteiger partial charge in [0.05, 0.1) is 0 Å². The number of hydrogen-bond acceptors (Lipinski definition) is 2. The van der Waals surface area contributed by atoms with Gasteiger partial charge in [-0.15, -0.1) is 0 Å². The molecule has 0 bridgehead atoms. The van der Waals surface area contributed by atoms with Crippen molar-refractivity contribution >= 4 is 23.8 Å². The zero-order valence-electron chi connectivity index (χ0n) is 9.03. The molecule has 1 rings (SSSR count). The van der Waals surface area contributed by atoms with Gasteiger partial charge in [0.1, 0.15) is 5.82 Å². The number of aliphatic carboxylic acids is 1. The lowest BCUT2D eigenvalue weighted by Gasteiger charge is -2.05. The third-order valence-electron chi connectivity index (χ3n) is 1.89. The van der Waals surface area contributed by atoms with Gasteiger partial charge in [0.2, 0.25) is 0 Å². The highest BCUT2D eigenvalue weighted by Gasteiger charge is 2.03. The summed E-state index contributed by atoms with van der Waals surface area (Å²) in [6.45, 7) is 0. The Balaban J connectivity index is 2.94. The van der Waals surface area contributed by atoms with E-state index in [0.717, 1.165) is 18.2 Å². The minimum absolute atomic E-state index is 0.0845. The van der Waals surface area contributed by atoms with E-state index in [2.05, 4.69) is 10.6 Å². The predicted molar refractivity (Wildman–Crippen MR) is 61.1 cm³/mol. The molecule has 1 aromatic rings. The number of benzene rings is 1. The number of halogens is 1. The zero-order valence-corrected chi connectivity index (χ0v) is 9.03. The van der Waals surface area contributed by atoms with Gasteiger partial charge in [-0.3, -0.25) is 0 Å². The Hall–Kier alpha value is -2.37. The standard InChI is InChI=1S/C11H11FN2O3/c1-13-11(17)14-8-3-4-9(12)7(6-8)2-5-10(15)16/h2-6H,1H3,(H,15,16)(H2,13,14,17)/b5-2+. The minimum Gasteiger partial charge on any atom is -0.478 e. The van der Waals surface area contributed by atoms with Crippen LogP contribution < -0.4 is 10.6 Å². The summed E-state index contributed by atoms with van der Waals surface area (Å²) in [5, 5.41) is 13.2. The average molecular weight is 238 g/mol. The molecule has 0 aromatic heterocycles. The molecule has 0 aliphatic carbocycles. The van der Waals surface area contributed by atoms with E-state index < -0.39 is 17.8 Å². The molecule has 2 amide bonds. The van der Waals surface area contributed by atoms with Gasteiger partial charge in [-0.2, -0.15) is 0 Å². The van der Waals surface area contributed by atoms with E-state index in [0.29, 0.717) is 5.69 Å². The molecule has 0 aliphatic heterocycles. The lowest BCUT2D eigenvalue weighted by atomic mass is 10.1. The minimum atomic E-state index is -1.17. The van der Waals surface area contributed by atoms with E-state index in [1.165, 1.54) is 19.2 Å². The van der Waals surface area contributed by atoms with Crippen LogP contribution in [-0.4, -0.2) is 24.2 Å². The Morgan fingerprint density at radius 3 is 2.71 bits per heavy atom. The summed E-state index contributed by atoms with van der Waals surface area (Å²) in [5.41, 5.74) is 0.456. The Morgan fingerprint density at radius 1 is 1.41 bits per heavy atom. The van der Waals surface area contributed by atoms with E-state index in [1.54, 1.807) is 0 Å². The summed E-state index contributed by atoms with van der Waals surface area (Å²) >= 11 is 0. The van der Waals surface area contributed by atoms with Crippen LogP contribution in [0, 0.1) is 5.82 Å². The molecule has 0 saturated heterocycles. The quantitative estimate of drug-likeness (QED) is 0.701. The smallest absolute Gasteiger partial charge is 0.328 e. The van der Waals surface area contributed by atoms with E-state index in [9.17, 15) is 14.0 Å². The maximum absolute atomic E-state index is 13.3. The number of carboxylic acid groups (broad SMARTS) is 1. The van der Waals surface area contributed by atoms with E-state index >= 15 is 0 Å². The number of anilines is 1. The molecule has 0 heterocycles. The monoisotopic (exact) mass is 238 g/mol. The lowest BCUT2D eigenvalue weighted by Crippen LogP contribution is -2.24. The van der Waals surface area contributed by atoms with Gasteiger partial charge in [-0.25, -0.2) is 14.0 Å². The summed E-state index contributed by atoms with van der Waals surface area (Å²) in [6.07, 6.45) is 1.94. The first-order chi connectivity index (χ1) is 8.02. The first-order valence-electron chi connectivity index (χ1n) is 4.72. The normalized spacial score (nSPS) is 10.2. The molecule has 17 heavy (non-hydrogen) atoms. The van der Waals surface area contributed by atoms with Gasteiger partial charge in [0.25, 0.3) is 0 Å². The first kappa shape index (κ1) is 12.7. The molecule has 0 unspecified atom stereocenters. The highest BCUT2D eigenvalue weighted by atomic mass is 19.1. The second-order valence-corrected chi connectivity index (χ2v) is 3.11. The van der Waals surface area contributed by atoms with Crippen LogP contribution in [0.15, 0.2) is 24.3 Å². The maximum atomic E-state index is 13.3. The van der Waals surface area contributed by atoms with Gasteiger partial charge < -0.3 is 15.7 Å². The fourth-order valence-electron chi connectivity index (χ4n) is 1.10. The van der Waals surface area contributed by atoms with Crippen molar-refractivity contribution < 1.29 is 19.1 Å². The van der Waals surface area contributed by atoms with Crippen LogP contribution >= 0.6 is 0 Å². The molecule has 90 valence electrons. The van der Waals surface area contributed by atoms with Crippen molar-refractivity contribution in [3.05, 3.63) is 35.7 Å². The number of rotatable bonds is 3. The van der Waals surface area contributed by atoms with Crippen molar-refractivity contribution in [3.8, 4) is 0 Å². The number of nitrogens with one attached hydrogen (secondary N) is 2. The van der Waals surface area contributed by atoms with Gasteiger partial charge in [-0.1, -0.05) is 0 Å². The fraction of sp³-hybridized carbons (Fsp3) is 0.0909. The Labute approximate surface area is 96.9 Å². The number of carboxylic acids is 1. The van der Waals surface area contributed by atoms with Crippen molar-refractivity contribution in [3.63, 3.8) is 0 Å². The molecule has 0 aliphatic rings. The second-order valence-electron chi connectivity index (χ2n) is 3.11. The number of carbonyl (C=O) groups is 2. The van der Waals surface area contributed by atoms with Crippen molar-refractivity contribution in [2.24, 2.45) is 0 Å². The molecule has 0 saturated carbocycles. The van der Waals surface area contributed by atoms with Gasteiger partial charge in [0.15, 0.2) is 0 Å². The molecule has 3 N–H and O–H groups in total. The van der Waals surface area contributed by atoms with E-state index in [4.69, 9.17) is 5.11 Å². The number of urea groups is 1. The van der Waals surface area contributed by atoms with Crippen LogP contribution in [0.2, 0.25) is 0 Å². The Kier molecular flexibility index (Phi) is 4.21. The zero-order chi connectivity index (χ0) is 12.8. The first-order valence-corrected chi connectivity index (χ1v) is 4.72. The van der Waals surface area contributed by atoms with Crippen LogP contribution in [0.25, 0.3) is 6.08 Å². The summed E-state index contributed by atoms with van der Waals surface area (Å²) in [4.78, 5) is 21.3. The number of amides is 2. The van der Waals surface area contributed by atoms with Gasteiger partial charge in [0, 0.05) is 24.4 Å². The van der Waals surface area contributed by atoms with Crippen molar-refractivity contribution in [2.45, 2.75) is 0 Å². The van der Waals surface area contributed by atoms with Crippen LogP contribution in [0.3, 0.4) is 0 Å². The summed E-state index contributed by atoms with van der Waals surface area (Å²) in [7, 11) is 1.45. The molecule has 0 atom stereocenters.